The zero-order chi connectivity index (χ0) is 17.4. The molecule has 1 atom stereocenters. The normalized spacial score (nSPS) is 18.2. The number of carbonyl (C=O) groups excluding carboxylic acids is 1. The van der Waals surface area contributed by atoms with Crippen LogP contribution in [0.2, 0.25) is 0 Å². The number of aromatic nitrogens is 4. The van der Waals surface area contributed by atoms with Gasteiger partial charge in [-0.05, 0) is 12.1 Å². The Morgan fingerprint density at radius 1 is 1.36 bits per heavy atom. The number of ether oxygens (including phenoxy) is 1. The van der Waals surface area contributed by atoms with E-state index in [1.54, 1.807) is 23.5 Å². The fourth-order valence-corrected chi connectivity index (χ4v) is 2.88. The second-order valence-corrected chi connectivity index (χ2v) is 6.36. The number of hydrogen-bond acceptors (Lipinski definition) is 6. The molecule has 3 aromatic rings. The van der Waals surface area contributed by atoms with Crippen LogP contribution in [0.25, 0.3) is 5.52 Å². The van der Waals surface area contributed by atoms with Gasteiger partial charge < -0.3 is 18.5 Å². The maximum absolute atomic E-state index is 13.0. The van der Waals surface area contributed by atoms with E-state index in [4.69, 9.17) is 9.15 Å². The molecule has 1 aliphatic heterocycles. The van der Waals surface area contributed by atoms with Crippen molar-refractivity contribution >= 4 is 11.4 Å². The minimum atomic E-state index is -0.373. The van der Waals surface area contributed by atoms with Crippen molar-refractivity contribution in [3.05, 3.63) is 48.2 Å². The van der Waals surface area contributed by atoms with Crippen molar-refractivity contribution in [1.82, 2.24) is 24.5 Å². The van der Waals surface area contributed by atoms with Crippen LogP contribution in [-0.2, 0) is 4.74 Å². The molecule has 3 aromatic heterocycles. The Bertz CT molecular complexity index is 900. The monoisotopic (exact) mass is 341 g/mol. The topological polar surface area (TPSA) is 85.8 Å². The van der Waals surface area contributed by atoms with E-state index >= 15 is 0 Å². The Balaban J connectivity index is 1.64. The highest BCUT2D eigenvalue weighted by molar-refractivity contribution is 5.95. The average molecular weight is 341 g/mol. The van der Waals surface area contributed by atoms with Gasteiger partial charge in [-0.25, -0.2) is 4.98 Å². The van der Waals surface area contributed by atoms with Gasteiger partial charge in [0, 0.05) is 24.2 Å². The molecule has 0 aromatic carbocycles. The number of imidazole rings is 1. The van der Waals surface area contributed by atoms with Crippen LogP contribution in [-0.4, -0.2) is 50.1 Å². The zero-order valence-corrected chi connectivity index (χ0v) is 14.1. The van der Waals surface area contributed by atoms with E-state index in [1.807, 2.05) is 30.5 Å². The number of nitrogens with zero attached hydrogens (tertiary/aromatic N) is 5. The van der Waals surface area contributed by atoms with Crippen LogP contribution in [0.5, 0.6) is 0 Å². The van der Waals surface area contributed by atoms with Crippen molar-refractivity contribution in [2.75, 3.05) is 19.8 Å². The van der Waals surface area contributed by atoms with E-state index in [-0.39, 0.29) is 17.9 Å². The number of rotatable bonds is 3. The van der Waals surface area contributed by atoms with Gasteiger partial charge in [-0.2, -0.15) is 0 Å². The third kappa shape index (κ3) is 2.89. The van der Waals surface area contributed by atoms with Gasteiger partial charge in [0.15, 0.2) is 0 Å². The second kappa shape index (κ2) is 6.29. The molecular formula is C17H19N5O3. The fourth-order valence-electron chi connectivity index (χ4n) is 2.88. The van der Waals surface area contributed by atoms with E-state index in [0.717, 1.165) is 5.52 Å². The van der Waals surface area contributed by atoms with Gasteiger partial charge in [0.2, 0.25) is 11.8 Å². The van der Waals surface area contributed by atoms with Gasteiger partial charge in [-0.1, -0.05) is 13.8 Å². The number of fused-ring (bicyclic) bond motifs is 1. The molecule has 0 N–H and O–H groups in total. The van der Waals surface area contributed by atoms with E-state index in [0.29, 0.717) is 37.1 Å². The summed E-state index contributed by atoms with van der Waals surface area (Å²) in [5, 5.41) is 8.19. The largest absolute Gasteiger partial charge is 0.423 e. The molecule has 0 unspecified atom stereocenters. The lowest BCUT2D eigenvalue weighted by Crippen LogP contribution is -2.43. The Morgan fingerprint density at radius 3 is 3.04 bits per heavy atom. The Labute approximate surface area is 144 Å². The molecule has 8 nitrogen and oxygen atoms in total. The van der Waals surface area contributed by atoms with Gasteiger partial charge in [0.1, 0.15) is 6.04 Å². The molecular weight excluding hydrogens is 322 g/mol. The molecule has 0 aliphatic carbocycles. The quantitative estimate of drug-likeness (QED) is 0.725. The van der Waals surface area contributed by atoms with E-state index < -0.39 is 0 Å². The molecule has 130 valence electrons. The minimum absolute atomic E-state index is 0.0821. The molecule has 0 bridgehead atoms. The average Bonchev–Trinajstić information content (AvgIpc) is 3.29. The summed E-state index contributed by atoms with van der Waals surface area (Å²) in [6.45, 7) is 5.28. The molecule has 8 heteroatoms. The standard InChI is InChI=1S/C17H19N5O3/c1-11(2)15-19-20-16(25-15)14-9-24-6-5-22(14)17(23)12-3-4-21-10-18-8-13(21)7-12/h3-4,7-8,10-11,14H,5-6,9H2,1-2H3/t14-/m0/s1. The number of pyridine rings is 1. The third-order valence-corrected chi connectivity index (χ3v) is 4.29. The zero-order valence-electron chi connectivity index (χ0n) is 14.1. The highest BCUT2D eigenvalue weighted by Crippen LogP contribution is 2.26. The van der Waals surface area contributed by atoms with Crippen LogP contribution in [0.15, 0.2) is 35.3 Å². The summed E-state index contributed by atoms with van der Waals surface area (Å²) in [6.07, 6.45) is 5.25. The Kier molecular flexibility index (Phi) is 3.96. The van der Waals surface area contributed by atoms with E-state index in [2.05, 4.69) is 15.2 Å². The van der Waals surface area contributed by atoms with Crippen molar-refractivity contribution in [3.63, 3.8) is 0 Å². The van der Waals surface area contributed by atoms with Gasteiger partial charge >= 0.3 is 0 Å². The highest BCUT2D eigenvalue weighted by Gasteiger charge is 2.33. The summed E-state index contributed by atoms with van der Waals surface area (Å²) < 4.78 is 13.2. The summed E-state index contributed by atoms with van der Waals surface area (Å²) >= 11 is 0. The molecule has 1 amide bonds. The Morgan fingerprint density at radius 2 is 2.24 bits per heavy atom. The van der Waals surface area contributed by atoms with Crippen LogP contribution >= 0.6 is 0 Å². The Hall–Kier alpha value is -2.74. The first kappa shape index (κ1) is 15.8. The predicted molar refractivity (Wildman–Crippen MR) is 88.2 cm³/mol. The number of morpholine rings is 1. The lowest BCUT2D eigenvalue weighted by molar-refractivity contribution is -0.0107. The van der Waals surface area contributed by atoms with Crippen molar-refractivity contribution in [3.8, 4) is 0 Å². The highest BCUT2D eigenvalue weighted by atomic mass is 16.5. The minimum Gasteiger partial charge on any atom is -0.423 e. The number of carbonyl (C=O) groups is 1. The van der Waals surface area contributed by atoms with Gasteiger partial charge in [0.25, 0.3) is 5.91 Å². The molecule has 1 saturated heterocycles. The summed E-state index contributed by atoms with van der Waals surface area (Å²) in [7, 11) is 0. The van der Waals surface area contributed by atoms with Crippen molar-refractivity contribution in [2.24, 2.45) is 0 Å². The fraction of sp³-hybridized carbons (Fsp3) is 0.412. The number of hydrogen-bond donors (Lipinski definition) is 0. The summed E-state index contributed by atoms with van der Waals surface area (Å²) in [4.78, 5) is 18.9. The van der Waals surface area contributed by atoms with Crippen molar-refractivity contribution in [2.45, 2.75) is 25.8 Å². The van der Waals surface area contributed by atoms with Crippen molar-refractivity contribution in [1.29, 1.82) is 0 Å². The van der Waals surface area contributed by atoms with Crippen LogP contribution in [0, 0.1) is 0 Å². The van der Waals surface area contributed by atoms with Crippen LogP contribution in [0.1, 0.15) is 47.9 Å². The first-order valence-corrected chi connectivity index (χ1v) is 8.27. The van der Waals surface area contributed by atoms with E-state index in [1.165, 1.54) is 0 Å². The molecule has 0 spiro atoms. The van der Waals surface area contributed by atoms with Gasteiger partial charge in [-0.15, -0.1) is 10.2 Å². The molecule has 0 radical (unpaired) electrons. The second-order valence-electron chi connectivity index (χ2n) is 6.36. The smallest absolute Gasteiger partial charge is 0.254 e. The molecule has 1 aliphatic rings. The van der Waals surface area contributed by atoms with Crippen LogP contribution in [0.4, 0.5) is 0 Å². The molecule has 4 rings (SSSR count). The summed E-state index contributed by atoms with van der Waals surface area (Å²) in [5.74, 6) is 1.04. The maximum atomic E-state index is 13.0. The van der Waals surface area contributed by atoms with Crippen molar-refractivity contribution < 1.29 is 13.9 Å². The lowest BCUT2D eigenvalue weighted by atomic mass is 10.1. The molecule has 4 heterocycles. The van der Waals surface area contributed by atoms with Gasteiger partial charge in [-0.3, -0.25) is 4.79 Å². The molecule has 0 saturated carbocycles. The molecule has 1 fully saturated rings. The molecule has 25 heavy (non-hydrogen) atoms. The number of amides is 1. The third-order valence-electron chi connectivity index (χ3n) is 4.29. The first-order valence-electron chi connectivity index (χ1n) is 8.27. The van der Waals surface area contributed by atoms with Crippen LogP contribution in [0.3, 0.4) is 0 Å². The maximum Gasteiger partial charge on any atom is 0.254 e. The van der Waals surface area contributed by atoms with Crippen LogP contribution < -0.4 is 0 Å². The summed E-state index contributed by atoms with van der Waals surface area (Å²) in [6, 6.07) is 3.24. The summed E-state index contributed by atoms with van der Waals surface area (Å²) in [5.41, 5.74) is 1.47. The predicted octanol–water partition coefficient (Wildman–Crippen LogP) is 2.05. The SMILES string of the molecule is CC(C)c1nnc([C@@H]2COCCN2C(=O)c2ccn3cncc3c2)o1. The van der Waals surface area contributed by atoms with E-state index in [9.17, 15) is 4.79 Å². The lowest BCUT2D eigenvalue weighted by Gasteiger charge is -2.33. The first-order chi connectivity index (χ1) is 12.1. The van der Waals surface area contributed by atoms with Gasteiger partial charge in [0.05, 0.1) is 31.3 Å².